The van der Waals surface area contributed by atoms with Crippen LogP contribution in [0.5, 0.6) is 0 Å². The molecule has 0 aliphatic rings. The van der Waals surface area contributed by atoms with Crippen LogP contribution in [0.25, 0.3) is 0 Å². The van der Waals surface area contributed by atoms with E-state index in [-0.39, 0.29) is 5.91 Å². The van der Waals surface area contributed by atoms with Crippen molar-refractivity contribution in [2.75, 3.05) is 27.2 Å². The summed E-state index contributed by atoms with van der Waals surface area (Å²) in [6.45, 7) is 3.41. The van der Waals surface area contributed by atoms with E-state index in [2.05, 4.69) is 15.5 Å². The lowest BCUT2D eigenvalue weighted by molar-refractivity contribution is -0.128. The SMILES string of the molecule is Cc1nc(CCNCCCC(=O)N(C)C)no1. The Morgan fingerprint density at radius 1 is 1.41 bits per heavy atom. The second kappa shape index (κ2) is 7.01. The molecule has 6 heteroatoms. The van der Waals surface area contributed by atoms with Crippen LogP contribution in [-0.4, -0.2) is 48.1 Å². The van der Waals surface area contributed by atoms with Crippen LogP contribution in [0.1, 0.15) is 24.6 Å². The third-order valence-corrected chi connectivity index (χ3v) is 2.34. The average Bonchev–Trinajstić information content (AvgIpc) is 2.68. The van der Waals surface area contributed by atoms with Gasteiger partial charge in [0.25, 0.3) is 0 Å². The normalized spacial score (nSPS) is 10.5. The summed E-state index contributed by atoms with van der Waals surface area (Å²) in [6, 6.07) is 0. The minimum Gasteiger partial charge on any atom is -0.349 e. The van der Waals surface area contributed by atoms with E-state index in [1.807, 2.05) is 0 Å². The second-order valence-electron chi connectivity index (χ2n) is 4.12. The molecule has 96 valence electrons. The van der Waals surface area contributed by atoms with Crippen molar-refractivity contribution >= 4 is 5.91 Å². The molecule has 0 aliphatic heterocycles. The van der Waals surface area contributed by atoms with Crippen molar-refractivity contribution in [2.24, 2.45) is 0 Å². The van der Waals surface area contributed by atoms with Crippen LogP contribution in [0.15, 0.2) is 4.52 Å². The van der Waals surface area contributed by atoms with E-state index in [1.54, 1.807) is 25.9 Å². The summed E-state index contributed by atoms with van der Waals surface area (Å²) in [5.41, 5.74) is 0. The molecule has 0 unspecified atom stereocenters. The Balaban J connectivity index is 2.00. The van der Waals surface area contributed by atoms with Crippen molar-refractivity contribution in [2.45, 2.75) is 26.2 Å². The summed E-state index contributed by atoms with van der Waals surface area (Å²) in [5, 5.41) is 7.04. The van der Waals surface area contributed by atoms with Crippen LogP contribution in [-0.2, 0) is 11.2 Å². The number of aromatic nitrogens is 2. The Morgan fingerprint density at radius 3 is 2.76 bits per heavy atom. The van der Waals surface area contributed by atoms with E-state index in [0.717, 1.165) is 31.8 Å². The number of hydrogen-bond acceptors (Lipinski definition) is 5. The van der Waals surface area contributed by atoms with E-state index in [4.69, 9.17) is 4.52 Å². The molecule has 1 N–H and O–H groups in total. The Hall–Kier alpha value is -1.43. The van der Waals surface area contributed by atoms with Gasteiger partial charge in [-0.2, -0.15) is 4.98 Å². The molecule has 1 rings (SSSR count). The van der Waals surface area contributed by atoms with E-state index < -0.39 is 0 Å². The molecule has 17 heavy (non-hydrogen) atoms. The van der Waals surface area contributed by atoms with Gasteiger partial charge in [-0.1, -0.05) is 5.16 Å². The molecular formula is C11H20N4O2. The van der Waals surface area contributed by atoms with Crippen LogP contribution in [0.4, 0.5) is 0 Å². The number of hydrogen-bond donors (Lipinski definition) is 1. The van der Waals surface area contributed by atoms with Gasteiger partial charge in [0.05, 0.1) is 0 Å². The Morgan fingerprint density at radius 2 is 2.18 bits per heavy atom. The molecule has 0 aromatic carbocycles. The van der Waals surface area contributed by atoms with E-state index >= 15 is 0 Å². The number of nitrogens with one attached hydrogen (secondary N) is 1. The first-order valence-electron chi connectivity index (χ1n) is 5.79. The molecule has 0 radical (unpaired) electrons. The highest BCUT2D eigenvalue weighted by Gasteiger charge is 2.03. The van der Waals surface area contributed by atoms with Gasteiger partial charge in [-0.15, -0.1) is 0 Å². The predicted octanol–water partition coefficient (Wildman–Crippen LogP) is 0.379. The Bertz CT molecular complexity index is 349. The summed E-state index contributed by atoms with van der Waals surface area (Å²) in [5.74, 6) is 1.48. The lowest BCUT2D eigenvalue weighted by Crippen LogP contribution is -2.24. The summed E-state index contributed by atoms with van der Waals surface area (Å²) in [4.78, 5) is 17.0. The van der Waals surface area contributed by atoms with Gasteiger partial charge in [0.15, 0.2) is 5.82 Å². The molecular weight excluding hydrogens is 220 g/mol. The summed E-state index contributed by atoms with van der Waals surface area (Å²) in [6.07, 6.45) is 2.18. The molecule has 0 saturated carbocycles. The molecule has 0 atom stereocenters. The van der Waals surface area contributed by atoms with Crippen LogP contribution in [0.3, 0.4) is 0 Å². The van der Waals surface area contributed by atoms with Crippen molar-refractivity contribution in [1.82, 2.24) is 20.4 Å². The average molecular weight is 240 g/mol. The number of nitrogens with zero attached hydrogens (tertiary/aromatic N) is 3. The quantitative estimate of drug-likeness (QED) is 0.698. The second-order valence-corrected chi connectivity index (χ2v) is 4.12. The van der Waals surface area contributed by atoms with Crippen molar-refractivity contribution < 1.29 is 9.32 Å². The maximum absolute atomic E-state index is 11.3. The van der Waals surface area contributed by atoms with Crippen molar-refractivity contribution in [3.8, 4) is 0 Å². The Labute approximate surface area is 101 Å². The highest BCUT2D eigenvalue weighted by atomic mass is 16.5. The molecule has 0 fully saturated rings. The van der Waals surface area contributed by atoms with Crippen LogP contribution in [0, 0.1) is 6.92 Å². The maximum Gasteiger partial charge on any atom is 0.223 e. The van der Waals surface area contributed by atoms with Crippen molar-refractivity contribution in [3.63, 3.8) is 0 Å². The summed E-state index contributed by atoms with van der Waals surface area (Å²) >= 11 is 0. The standard InChI is InChI=1S/C11H20N4O2/c1-9-13-10(14-17-9)6-8-12-7-4-5-11(16)15(2)3/h12H,4-8H2,1-3H3. The number of amides is 1. The molecule has 1 aromatic rings. The highest BCUT2D eigenvalue weighted by molar-refractivity contribution is 5.75. The first kappa shape index (κ1) is 13.6. The van der Waals surface area contributed by atoms with Gasteiger partial charge in [0.1, 0.15) is 0 Å². The van der Waals surface area contributed by atoms with E-state index in [1.165, 1.54) is 0 Å². The molecule has 1 aromatic heterocycles. The topological polar surface area (TPSA) is 71.3 Å². The number of aryl methyl sites for hydroxylation is 1. The van der Waals surface area contributed by atoms with Gasteiger partial charge < -0.3 is 14.7 Å². The summed E-state index contributed by atoms with van der Waals surface area (Å²) < 4.78 is 4.86. The predicted molar refractivity (Wildman–Crippen MR) is 63.5 cm³/mol. The third-order valence-electron chi connectivity index (χ3n) is 2.34. The molecule has 0 saturated heterocycles. The monoisotopic (exact) mass is 240 g/mol. The van der Waals surface area contributed by atoms with Gasteiger partial charge in [0, 0.05) is 40.4 Å². The summed E-state index contributed by atoms with van der Waals surface area (Å²) in [7, 11) is 3.54. The lowest BCUT2D eigenvalue weighted by Gasteiger charge is -2.09. The van der Waals surface area contributed by atoms with Crippen LogP contribution >= 0.6 is 0 Å². The Kier molecular flexibility index (Phi) is 5.62. The van der Waals surface area contributed by atoms with Crippen molar-refractivity contribution in [1.29, 1.82) is 0 Å². The molecule has 1 heterocycles. The fourth-order valence-corrected chi connectivity index (χ4v) is 1.36. The smallest absolute Gasteiger partial charge is 0.223 e. The van der Waals surface area contributed by atoms with Gasteiger partial charge in [-0.25, -0.2) is 0 Å². The zero-order valence-electron chi connectivity index (χ0n) is 10.7. The van der Waals surface area contributed by atoms with Crippen molar-refractivity contribution in [3.05, 3.63) is 11.7 Å². The van der Waals surface area contributed by atoms with Gasteiger partial charge in [-0.3, -0.25) is 4.79 Å². The van der Waals surface area contributed by atoms with Gasteiger partial charge in [-0.05, 0) is 13.0 Å². The first-order chi connectivity index (χ1) is 8.09. The molecule has 0 bridgehead atoms. The number of rotatable bonds is 7. The first-order valence-corrected chi connectivity index (χ1v) is 5.79. The largest absolute Gasteiger partial charge is 0.349 e. The zero-order chi connectivity index (χ0) is 12.7. The fraction of sp³-hybridized carbons (Fsp3) is 0.727. The van der Waals surface area contributed by atoms with Crippen LogP contribution < -0.4 is 5.32 Å². The third kappa shape index (κ3) is 5.44. The van der Waals surface area contributed by atoms with Crippen LogP contribution in [0.2, 0.25) is 0 Å². The number of carbonyl (C=O) groups is 1. The lowest BCUT2D eigenvalue weighted by atomic mass is 10.3. The zero-order valence-corrected chi connectivity index (χ0v) is 10.7. The maximum atomic E-state index is 11.3. The molecule has 0 aliphatic carbocycles. The number of carbonyl (C=O) groups excluding carboxylic acids is 1. The van der Waals surface area contributed by atoms with Gasteiger partial charge >= 0.3 is 0 Å². The molecule has 1 amide bonds. The highest BCUT2D eigenvalue weighted by Crippen LogP contribution is 1.95. The minimum absolute atomic E-state index is 0.167. The molecule has 6 nitrogen and oxygen atoms in total. The van der Waals surface area contributed by atoms with Gasteiger partial charge in [0.2, 0.25) is 11.8 Å². The van der Waals surface area contributed by atoms with E-state index in [9.17, 15) is 4.79 Å². The minimum atomic E-state index is 0.167. The molecule has 0 spiro atoms. The fourth-order valence-electron chi connectivity index (χ4n) is 1.36. The van der Waals surface area contributed by atoms with E-state index in [0.29, 0.717) is 12.3 Å².